The molecule has 13 heavy (non-hydrogen) atoms. The lowest BCUT2D eigenvalue weighted by molar-refractivity contribution is -0.122. The summed E-state index contributed by atoms with van der Waals surface area (Å²) in [4.78, 5) is 21.6. The third-order valence-corrected chi connectivity index (χ3v) is 1.52. The first-order valence-corrected chi connectivity index (χ1v) is 3.87. The molecule has 1 aliphatic rings. The van der Waals surface area contributed by atoms with Crippen molar-refractivity contribution >= 4 is 11.8 Å². The molecule has 0 saturated heterocycles. The normalized spacial score (nSPS) is 14.3. The first-order chi connectivity index (χ1) is 6.20. The highest BCUT2D eigenvalue weighted by atomic mass is 16.2. The van der Waals surface area contributed by atoms with E-state index in [1.54, 1.807) is 12.4 Å². The number of rotatable bonds is 3. The standard InChI is InChI=1S/C8H11N3O2/c9-7(12)5-11-8(13)6-2-1-3-10-4-6/h1,3-4,10H,2,5H2,(H2,9,12)(H,11,13). The summed E-state index contributed by atoms with van der Waals surface area (Å²) in [6.07, 6.45) is 5.72. The van der Waals surface area contributed by atoms with Crippen molar-refractivity contribution in [2.24, 2.45) is 5.73 Å². The molecule has 1 heterocycles. The average molecular weight is 181 g/mol. The molecular weight excluding hydrogens is 170 g/mol. The number of dihydropyridines is 1. The second-order valence-corrected chi connectivity index (χ2v) is 2.59. The maximum Gasteiger partial charge on any atom is 0.249 e. The van der Waals surface area contributed by atoms with Gasteiger partial charge in [0.1, 0.15) is 0 Å². The highest BCUT2D eigenvalue weighted by molar-refractivity contribution is 5.95. The third-order valence-electron chi connectivity index (χ3n) is 1.52. The van der Waals surface area contributed by atoms with Crippen LogP contribution in [0.5, 0.6) is 0 Å². The number of carbonyl (C=O) groups excluding carboxylic acids is 2. The molecule has 0 saturated carbocycles. The van der Waals surface area contributed by atoms with Gasteiger partial charge in [-0.15, -0.1) is 0 Å². The van der Waals surface area contributed by atoms with E-state index >= 15 is 0 Å². The number of amides is 2. The molecule has 0 fully saturated rings. The summed E-state index contributed by atoms with van der Waals surface area (Å²) in [6, 6.07) is 0. The summed E-state index contributed by atoms with van der Waals surface area (Å²) in [5.74, 6) is -0.816. The fraction of sp³-hybridized carbons (Fsp3) is 0.250. The van der Waals surface area contributed by atoms with Crippen LogP contribution < -0.4 is 16.4 Å². The largest absolute Gasteiger partial charge is 0.368 e. The van der Waals surface area contributed by atoms with E-state index in [4.69, 9.17) is 5.73 Å². The molecule has 0 aromatic rings. The molecule has 0 unspecified atom stereocenters. The van der Waals surface area contributed by atoms with E-state index in [1.807, 2.05) is 6.08 Å². The minimum atomic E-state index is -0.548. The van der Waals surface area contributed by atoms with Crippen molar-refractivity contribution in [3.63, 3.8) is 0 Å². The van der Waals surface area contributed by atoms with Crippen LogP contribution in [0.3, 0.4) is 0 Å². The quantitative estimate of drug-likeness (QED) is 0.521. The molecule has 0 bridgehead atoms. The smallest absolute Gasteiger partial charge is 0.249 e. The van der Waals surface area contributed by atoms with Gasteiger partial charge in [0.2, 0.25) is 11.8 Å². The SMILES string of the molecule is NC(=O)CNC(=O)C1=CNC=CC1. The van der Waals surface area contributed by atoms with E-state index in [0.29, 0.717) is 12.0 Å². The van der Waals surface area contributed by atoms with Crippen LogP contribution in [0.4, 0.5) is 0 Å². The number of nitrogens with one attached hydrogen (secondary N) is 2. The zero-order chi connectivity index (χ0) is 9.68. The maximum atomic E-state index is 11.2. The Labute approximate surface area is 75.7 Å². The fourth-order valence-electron chi connectivity index (χ4n) is 0.901. The molecule has 5 nitrogen and oxygen atoms in total. The molecule has 4 N–H and O–H groups in total. The van der Waals surface area contributed by atoms with Gasteiger partial charge in [-0.1, -0.05) is 6.08 Å². The van der Waals surface area contributed by atoms with Gasteiger partial charge in [0.05, 0.1) is 6.54 Å². The molecule has 1 rings (SSSR count). The van der Waals surface area contributed by atoms with E-state index < -0.39 is 5.91 Å². The number of primary amides is 1. The molecule has 0 radical (unpaired) electrons. The molecule has 0 aromatic carbocycles. The molecule has 0 spiro atoms. The van der Waals surface area contributed by atoms with Crippen LogP contribution in [0.25, 0.3) is 0 Å². The van der Waals surface area contributed by atoms with Crippen molar-refractivity contribution in [2.45, 2.75) is 6.42 Å². The van der Waals surface area contributed by atoms with E-state index in [1.165, 1.54) is 0 Å². The fourth-order valence-corrected chi connectivity index (χ4v) is 0.901. The van der Waals surface area contributed by atoms with Crippen LogP contribution >= 0.6 is 0 Å². The summed E-state index contributed by atoms with van der Waals surface area (Å²) in [6.45, 7) is -0.125. The lowest BCUT2D eigenvalue weighted by Gasteiger charge is -2.08. The Hall–Kier alpha value is -1.78. The Morgan fingerprint density at radius 1 is 1.62 bits per heavy atom. The molecular formula is C8H11N3O2. The Morgan fingerprint density at radius 3 is 2.92 bits per heavy atom. The first kappa shape index (κ1) is 9.31. The Morgan fingerprint density at radius 2 is 2.38 bits per heavy atom. The first-order valence-electron chi connectivity index (χ1n) is 3.87. The van der Waals surface area contributed by atoms with Crippen molar-refractivity contribution in [2.75, 3.05) is 6.54 Å². The molecule has 70 valence electrons. The van der Waals surface area contributed by atoms with Gasteiger partial charge in [0.15, 0.2) is 0 Å². The number of allylic oxidation sites excluding steroid dienone is 1. The van der Waals surface area contributed by atoms with Crippen molar-refractivity contribution in [1.29, 1.82) is 0 Å². The third kappa shape index (κ3) is 2.98. The summed E-state index contributed by atoms with van der Waals surface area (Å²) in [7, 11) is 0. The van der Waals surface area contributed by atoms with E-state index in [0.717, 1.165) is 0 Å². The maximum absolute atomic E-state index is 11.2. The second-order valence-electron chi connectivity index (χ2n) is 2.59. The van der Waals surface area contributed by atoms with Gasteiger partial charge in [-0.3, -0.25) is 9.59 Å². The van der Waals surface area contributed by atoms with Crippen LogP contribution in [-0.2, 0) is 9.59 Å². The van der Waals surface area contributed by atoms with Crippen molar-refractivity contribution in [3.05, 3.63) is 24.0 Å². The number of hydrogen-bond donors (Lipinski definition) is 3. The van der Waals surface area contributed by atoms with Gasteiger partial charge >= 0.3 is 0 Å². The van der Waals surface area contributed by atoms with Crippen LogP contribution in [0.2, 0.25) is 0 Å². The Balaban J connectivity index is 2.39. The zero-order valence-corrected chi connectivity index (χ0v) is 7.04. The van der Waals surface area contributed by atoms with Gasteiger partial charge in [0, 0.05) is 11.8 Å². The monoisotopic (exact) mass is 181 g/mol. The summed E-state index contributed by atoms with van der Waals surface area (Å²) in [5.41, 5.74) is 5.45. The van der Waals surface area contributed by atoms with Crippen molar-refractivity contribution in [3.8, 4) is 0 Å². The summed E-state index contributed by atoms with van der Waals surface area (Å²) in [5, 5.41) is 5.18. The summed E-state index contributed by atoms with van der Waals surface area (Å²) < 4.78 is 0. The topological polar surface area (TPSA) is 84.2 Å². The Kier molecular flexibility index (Phi) is 3.08. The van der Waals surface area contributed by atoms with Gasteiger partial charge < -0.3 is 16.4 Å². The predicted molar refractivity (Wildman–Crippen MR) is 47.2 cm³/mol. The van der Waals surface area contributed by atoms with E-state index in [-0.39, 0.29) is 12.5 Å². The van der Waals surface area contributed by atoms with Crippen LogP contribution in [0.1, 0.15) is 6.42 Å². The van der Waals surface area contributed by atoms with Crippen LogP contribution in [0.15, 0.2) is 24.0 Å². The lowest BCUT2D eigenvalue weighted by Crippen LogP contribution is -2.34. The predicted octanol–water partition coefficient (Wildman–Crippen LogP) is -1.02. The Bertz CT molecular complexity index is 281. The molecule has 0 atom stereocenters. The summed E-state index contributed by atoms with van der Waals surface area (Å²) >= 11 is 0. The molecule has 0 aromatic heterocycles. The minimum Gasteiger partial charge on any atom is -0.368 e. The van der Waals surface area contributed by atoms with Crippen LogP contribution in [-0.4, -0.2) is 18.4 Å². The molecule has 0 aliphatic carbocycles. The lowest BCUT2D eigenvalue weighted by atomic mass is 10.1. The average Bonchev–Trinajstić information content (AvgIpc) is 2.15. The van der Waals surface area contributed by atoms with Gasteiger partial charge in [-0.05, 0) is 12.6 Å². The number of nitrogens with two attached hydrogens (primary N) is 1. The zero-order valence-electron chi connectivity index (χ0n) is 7.04. The second kappa shape index (κ2) is 4.30. The highest BCUT2D eigenvalue weighted by Crippen LogP contribution is 2.04. The minimum absolute atomic E-state index is 0.125. The van der Waals surface area contributed by atoms with Crippen molar-refractivity contribution in [1.82, 2.24) is 10.6 Å². The van der Waals surface area contributed by atoms with Gasteiger partial charge in [-0.2, -0.15) is 0 Å². The highest BCUT2D eigenvalue weighted by Gasteiger charge is 2.09. The van der Waals surface area contributed by atoms with Gasteiger partial charge in [-0.25, -0.2) is 0 Å². The van der Waals surface area contributed by atoms with Gasteiger partial charge in [0.25, 0.3) is 0 Å². The van der Waals surface area contributed by atoms with E-state index in [2.05, 4.69) is 10.6 Å². The van der Waals surface area contributed by atoms with Crippen molar-refractivity contribution < 1.29 is 9.59 Å². The molecule has 2 amide bonds. The van der Waals surface area contributed by atoms with E-state index in [9.17, 15) is 9.59 Å². The van der Waals surface area contributed by atoms with Crippen LogP contribution in [0, 0.1) is 0 Å². The number of hydrogen-bond acceptors (Lipinski definition) is 3. The molecule has 1 aliphatic heterocycles. The molecule has 5 heteroatoms. The number of carbonyl (C=O) groups is 2.